The van der Waals surface area contributed by atoms with Crippen LogP contribution in [0.2, 0.25) is 0 Å². The summed E-state index contributed by atoms with van der Waals surface area (Å²) < 4.78 is 0.130. The minimum absolute atomic E-state index is 0.130. The molecule has 1 aliphatic heterocycles. The molecule has 0 bridgehead atoms. The molecule has 1 aromatic heterocycles. The minimum atomic E-state index is -1.27. The summed E-state index contributed by atoms with van der Waals surface area (Å²) in [5.41, 5.74) is 0. The van der Waals surface area contributed by atoms with Gasteiger partial charge in [0.15, 0.2) is 0 Å². The topological polar surface area (TPSA) is 94.9 Å². The molecule has 0 spiro atoms. The Morgan fingerprint density at radius 2 is 2.14 bits per heavy atom. The Hall–Kier alpha value is -1.71. The molecule has 2 heterocycles. The second kappa shape index (κ2) is 7.03. The van der Waals surface area contributed by atoms with Crippen LogP contribution >= 0.6 is 35.3 Å². The van der Waals surface area contributed by atoms with Gasteiger partial charge in [0.25, 0.3) is 5.91 Å². The molecule has 22 heavy (non-hydrogen) atoms. The summed E-state index contributed by atoms with van der Waals surface area (Å²) in [6.07, 6.45) is 1.11. The van der Waals surface area contributed by atoms with Crippen molar-refractivity contribution in [2.24, 2.45) is 0 Å². The van der Waals surface area contributed by atoms with Crippen molar-refractivity contribution in [3.05, 3.63) is 27.3 Å². The molecular formula is C13H11NO5S3. The van der Waals surface area contributed by atoms with Crippen LogP contribution in [0.25, 0.3) is 6.08 Å². The van der Waals surface area contributed by atoms with E-state index in [1.54, 1.807) is 6.08 Å². The Kier molecular flexibility index (Phi) is 5.33. The average Bonchev–Trinajstić information content (AvgIpc) is 3.02. The molecule has 2 rings (SSSR count). The van der Waals surface area contributed by atoms with Gasteiger partial charge in [0.2, 0.25) is 0 Å². The van der Waals surface area contributed by atoms with E-state index in [-0.39, 0.29) is 17.2 Å². The lowest BCUT2D eigenvalue weighted by molar-refractivity contribution is -0.146. The number of carbonyl (C=O) groups is 3. The van der Waals surface area contributed by atoms with Gasteiger partial charge >= 0.3 is 11.9 Å². The van der Waals surface area contributed by atoms with E-state index in [2.05, 4.69) is 0 Å². The van der Waals surface area contributed by atoms with E-state index in [4.69, 9.17) is 17.3 Å². The number of rotatable bonds is 6. The summed E-state index contributed by atoms with van der Waals surface area (Å²) in [5, 5.41) is 19.8. The summed E-state index contributed by atoms with van der Waals surface area (Å²) in [5.74, 6) is -2.89. The zero-order valence-corrected chi connectivity index (χ0v) is 13.5. The molecule has 2 N–H and O–H groups in total. The third-order valence-electron chi connectivity index (χ3n) is 2.87. The normalized spacial score (nSPS) is 18.0. The van der Waals surface area contributed by atoms with Crippen LogP contribution in [0.15, 0.2) is 22.4 Å². The van der Waals surface area contributed by atoms with Crippen molar-refractivity contribution in [1.29, 1.82) is 0 Å². The van der Waals surface area contributed by atoms with E-state index in [9.17, 15) is 19.5 Å². The molecule has 0 saturated carbocycles. The van der Waals surface area contributed by atoms with Gasteiger partial charge in [0, 0.05) is 11.3 Å². The molecule has 1 amide bonds. The maximum Gasteiger partial charge on any atom is 0.326 e. The number of thiocarbonyl (C=S) groups is 1. The number of aliphatic carboxylic acids is 2. The first-order valence-corrected chi connectivity index (χ1v) is 8.25. The van der Waals surface area contributed by atoms with Crippen molar-refractivity contribution >= 4 is 63.6 Å². The Labute approximate surface area is 139 Å². The van der Waals surface area contributed by atoms with Gasteiger partial charge < -0.3 is 10.2 Å². The van der Waals surface area contributed by atoms with Crippen molar-refractivity contribution in [2.75, 3.05) is 0 Å². The van der Waals surface area contributed by atoms with Gasteiger partial charge in [-0.05, 0) is 23.9 Å². The summed E-state index contributed by atoms with van der Waals surface area (Å²) in [6, 6.07) is 2.40. The fourth-order valence-electron chi connectivity index (χ4n) is 1.87. The zero-order valence-electron chi connectivity index (χ0n) is 11.1. The molecule has 6 nitrogen and oxygen atoms in total. The summed E-state index contributed by atoms with van der Waals surface area (Å²) in [4.78, 5) is 36.5. The lowest BCUT2D eigenvalue weighted by Gasteiger charge is -2.22. The molecule has 9 heteroatoms. The number of nitrogens with zero attached hydrogens (tertiary/aromatic N) is 1. The highest BCUT2D eigenvalue weighted by molar-refractivity contribution is 8.26. The predicted molar refractivity (Wildman–Crippen MR) is 87.6 cm³/mol. The Balaban J connectivity index is 2.22. The van der Waals surface area contributed by atoms with Crippen molar-refractivity contribution in [3.8, 4) is 0 Å². The molecule has 0 aromatic carbocycles. The largest absolute Gasteiger partial charge is 0.481 e. The van der Waals surface area contributed by atoms with E-state index >= 15 is 0 Å². The van der Waals surface area contributed by atoms with Crippen LogP contribution < -0.4 is 0 Å². The average molecular weight is 357 g/mol. The molecule has 116 valence electrons. The van der Waals surface area contributed by atoms with Crippen LogP contribution in [0.5, 0.6) is 0 Å². The number of carbonyl (C=O) groups excluding carboxylic acids is 1. The molecule has 0 radical (unpaired) electrons. The van der Waals surface area contributed by atoms with Gasteiger partial charge in [-0.15, -0.1) is 11.3 Å². The highest BCUT2D eigenvalue weighted by Gasteiger charge is 2.40. The standard InChI is InChI=1S/C13H11NO5S3/c15-10(16)4-3-8(12(18)19)14-11(17)9(22-13(14)20)6-7-2-1-5-21-7/h1-2,5-6,8H,3-4H2,(H,15,16)(H,18,19)/b9-6+/t8-/m0/s1. The Bertz CT molecular complexity index is 653. The SMILES string of the molecule is O=C(O)CC[C@@H](C(=O)O)N1C(=O)/C(=C\c2cccs2)SC1=S. The number of hydrogen-bond donors (Lipinski definition) is 2. The van der Waals surface area contributed by atoms with Gasteiger partial charge in [0.05, 0.1) is 4.91 Å². The lowest BCUT2D eigenvalue weighted by Crippen LogP contribution is -2.44. The molecule has 1 fully saturated rings. The first kappa shape index (κ1) is 16.7. The second-order valence-corrected chi connectivity index (χ2v) is 7.01. The lowest BCUT2D eigenvalue weighted by atomic mass is 10.1. The van der Waals surface area contributed by atoms with Crippen LogP contribution in [0, 0.1) is 0 Å². The maximum atomic E-state index is 12.4. The maximum absolute atomic E-state index is 12.4. The fourth-order valence-corrected chi connectivity index (χ4v) is 3.95. The third-order valence-corrected chi connectivity index (χ3v) is 5.02. The van der Waals surface area contributed by atoms with Crippen molar-refractivity contribution in [3.63, 3.8) is 0 Å². The van der Waals surface area contributed by atoms with Crippen LogP contribution in [0.3, 0.4) is 0 Å². The number of hydrogen-bond acceptors (Lipinski definition) is 6. The molecule has 1 saturated heterocycles. The van der Waals surface area contributed by atoms with Crippen molar-refractivity contribution in [2.45, 2.75) is 18.9 Å². The Morgan fingerprint density at radius 3 is 2.68 bits per heavy atom. The van der Waals surface area contributed by atoms with E-state index in [0.29, 0.717) is 4.91 Å². The van der Waals surface area contributed by atoms with E-state index < -0.39 is 23.9 Å². The molecule has 0 aliphatic carbocycles. The summed E-state index contributed by atoms with van der Waals surface area (Å²) in [7, 11) is 0. The quantitative estimate of drug-likeness (QED) is 0.595. The summed E-state index contributed by atoms with van der Waals surface area (Å²) in [6.45, 7) is 0. The second-order valence-electron chi connectivity index (χ2n) is 4.35. The predicted octanol–water partition coefficient (Wildman–Crippen LogP) is 2.27. The van der Waals surface area contributed by atoms with Gasteiger partial charge in [-0.2, -0.15) is 0 Å². The van der Waals surface area contributed by atoms with Crippen LogP contribution in [0.4, 0.5) is 0 Å². The molecule has 1 aliphatic rings. The highest BCUT2D eigenvalue weighted by atomic mass is 32.2. The monoisotopic (exact) mass is 357 g/mol. The third kappa shape index (κ3) is 3.73. The number of carboxylic acids is 2. The molecule has 1 aromatic rings. The number of amides is 1. The molecule has 1 atom stereocenters. The number of thiophene rings is 1. The summed E-state index contributed by atoms with van der Waals surface area (Å²) >= 11 is 7.56. The minimum Gasteiger partial charge on any atom is -0.481 e. The fraction of sp³-hybridized carbons (Fsp3) is 0.231. The zero-order chi connectivity index (χ0) is 16.3. The first-order valence-electron chi connectivity index (χ1n) is 6.15. The van der Waals surface area contributed by atoms with Gasteiger partial charge in [-0.3, -0.25) is 14.5 Å². The van der Waals surface area contributed by atoms with E-state index in [1.165, 1.54) is 11.3 Å². The molecule has 0 unspecified atom stereocenters. The number of carboxylic acid groups (broad SMARTS) is 2. The van der Waals surface area contributed by atoms with E-state index in [0.717, 1.165) is 21.5 Å². The smallest absolute Gasteiger partial charge is 0.326 e. The van der Waals surface area contributed by atoms with E-state index in [1.807, 2.05) is 17.5 Å². The highest BCUT2D eigenvalue weighted by Crippen LogP contribution is 2.35. The van der Waals surface area contributed by atoms with Gasteiger partial charge in [0.1, 0.15) is 10.4 Å². The number of thioether (sulfide) groups is 1. The Morgan fingerprint density at radius 1 is 1.41 bits per heavy atom. The van der Waals surface area contributed by atoms with Crippen molar-refractivity contribution in [1.82, 2.24) is 4.90 Å². The van der Waals surface area contributed by atoms with Crippen molar-refractivity contribution < 1.29 is 24.6 Å². The van der Waals surface area contributed by atoms with Gasteiger partial charge in [-0.25, -0.2) is 4.79 Å². The van der Waals surface area contributed by atoms with Gasteiger partial charge in [-0.1, -0.05) is 30.0 Å². The van der Waals surface area contributed by atoms with Crippen LogP contribution in [-0.2, 0) is 14.4 Å². The molecular weight excluding hydrogens is 346 g/mol. The van der Waals surface area contributed by atoms with Crippen LogP contribution in [-0.4, -0.2) is 43.3 Å². The first-order chi connectivity index (χ1) is 10.4. The van der Waals surface area contributed by atoms with Crippen LogP contribution in [0.1, 0.15) is 17.7 Å².